The number of hydrogen-bond acceptors (Lipinski definition) is 5. The summed E-state index contributed by atoms with van der Waals surface area (Å²) in [5.41, 5.74) is 0.126. The molecule has 1 amide bonds. The standard InChI is InChI=1S/C18H19F2N3O4S/c1-27-17-7-5-13(28(25,26)23-12-3-4-12)9-16(17)21-10-18(24)22-15-6-2-11(19)8-14(15)20/h2,5-9,12,21,23H,3-4,10H2,1H3,(H,22,24). The van der Waals surface area contributed by atoms with Crippen molar-refractivity contribution in [1.82, 2.24) is 4.72 Å². The number of benzene rings is 2. The third kappa shape index (κ3) is 4.96. The van der Waals surface area contributed by atoms with Crippen LogP contribution in [0, 0.1) is 11.6 Å². The van der Waals surface area contributed by atoms with Gasteiger partial charge in [0.05, 0.1) is 29.9 Å². The van der Waals surface area contributed by atoms with E-state index in [1.165, 1.54) is 25.3 Å². The van der Waals surface area contributed by atoms with Crippen LogP contribution in [0.2, 0.25) is 0 Å². The molecule has 0 radical (unpaired) electrons. The molecule has 3 rings (SSSR count). The summed E-state index contributed by atoms with van der Waals surface area (Å²) in [6.07, 6.45) is 1.61. The summed E-state index contributed by atoms with van der Waals surface area (Å²) in [6, 6.07) is 6.99. The highest BCUT2D eigenvalue weighted by Crippen LogP contribution is 2.29. The number of hydrogen-bond donors (Lipinski definition) is 3. The van der Waals surface area contributed by atoms with Crippen molar-refractivity contribution in [1.29, 1.82) is 0 Å². The fourth-order valence-corrected chi connectivity index (χ4v) is 3.77. The molecule has 0 unspecified atom stereocenters. The van der Waals surface area contributed by atoms with Gasteiger partial charge in [0.25, 0.3) is 0 Å². The number of methoxy groups -OCH3 is 1. The second-order valence-corrected chi connectivity index (χ2v) is 8.00. The van der Waals surface area contributed by atoms with Crippen LogP contribution in [0.3, 0.4) is 0 Å². The maximum atomic E-state index is 13.6. The van der Waals surface area contributed by atoms with Gasteiger partial charge in [-0.05, 0) is 43.2 Å². The minimum Gasteiger partial charge on any atom is -0.495 e. The van der Waals surface area contributed by atoms with E-state index in [-0.39, 0.29) is 28.9 Å². The van der Waals surface area contributed by atoms with Crippen molar-refractivity contribution in [2.24, 2.45) is 0 Å². The van der Waals surface area contributed by atoms with E-state index >= 15 is 0 Å². The van der Waals surface area contributed by atoms with E-state index in [1.54, 1.807) is 0 Å². The minimum absolute atomic E-state index is 0.0349. The normalized spacial score (nSPS) is 13.8. The fourth-order valence-electron chi connectivity index (χ4n) is 2.44. The molecule has 0 aromatic heterocycles. The van der Waals surface area contributed by atoms with Crippen LogP contribution in [0.1, 0.15) is 12.8 Å². The van der Waals surface area contributed by atoms with Crippen LogP contribution in [-0.4, -0.2) is 34.0 Å². The van der Waals surface area contributed by atoms with Crippen LogP contribution in [0.25, 0.3) is 0 Å². The number of amides is 1. The summed E-state index contributed by atoms with van der Waals surface area (Å²) in [7, 11) is -2.26. The van der Waals surface area contributed by atoms with Crippen molar-refractivity contribution in [3.63, 3.8) is 0 Å². The number of carbonyl (C=O) groups is 1. The molecule has 0 bridgehead atoms. The van der Waals surface area contributed by atoms with E-state index in [0.29, 0.717) is 11.8 Å². The molecule has 0 spiro atoms. The van der Waals surface area contributed by atoms with Gasteiger partial charge in [0.2, 0.25) is 15.9 Å². The summed E-state index contributed by atoms with van der Waals surface area (Å²) in [5.74, 6) is -1.91. The smallest absolute Gasteiger partial charge is 0.243 e. The molecule has 1 aliphatic carbocycles. The van der Waals surface area contributed by atoms with E-state index in [0.717, 1.165) is 25.0 Å². The Labute approximate surface area is 161 Å². The average Bonchev–Trinajstić information content (AvgIpc) is 3.45. The molecular formula is C18H19F2N3O4S. The summed E-state index contributed by atoms with van der Waals surface area (Å²) >= 11 is 0. The number of halogens is 2. The van der Waals surface area contributed by atoms with Crippen LogP contribution in [0.5, 0.6) is 5.75 Å². The van der Waals surface area contributed by atoms with Crippen LogP contribution in [0.4, 0.5) is 20.2 Å². The quantitative estimate of drug-likeness (QED) is 0.620. The van der Waals surface area contributed by atoms with Gasteiger partial charge in [-0.2, -0.15) is 0 Å². The maximum absolute atomic E-state index is 13.6. The SMILES string of the molecule is COc1ccc(S(=O)(=O)NC2CC2)cc1NCC(=O)Nc1ccc(F)cc1F. The third-order valence-electron chi connectivity index (χ3n) is 4.03. The minimum atomic E-state index is -3.67. The van der Waals surface area contributed by atoms with Crippen LogP contribution < -0.4 is 20.1 Å². The van der Waals surface area contributed by atoms with E-state index in [4.69, 9.17) is 4.74 Å². The van der Waals surface area contributed by atoms with E-state index in [1.807, 2.05) is 0 Å². The number of carbonyl (C=O) groups excluding carboxylic acids is 1. The van der Waals surface area contributed by atoms with Gasteiger partial charge < -0.3 is 15.4 Å². The Balaban J connectivity index is 1.70. The first-order valence-corrected chi connectivity index (χ1v) is 9.96. The molecule has 0 heterocycles. The second kappa shape index (κ2) is 8.11. The molecule has 0 atom stereocenters. The van der Waals surface area contributed by atoms with Gasteiger partial charge >= 0.3 is 0 Å². The molecule has 0 aliphatic heterocycles. The lowest BCUT2D eigenvalue weighted by Crippen LogP contribution is -2.26. The van der Waals surface area contributed by atoms with Crippen LogP contribution in [0.15, 0.2) is 41.3 Å². The van der Waals surface area contributed by atoms with E-state index in [2.05, 4.69) is 15.4 Å². The first kappa shape index (κ1) is 20.0. The zero-order valence-corrected chi connectivity index (χ0v) is 15.8. The van der Waals surface area contributed by atoms with E-state index < -0.39 is 27.6 Å². The first-order valence-electron chi connectivity index (χ1n) is 8.47. The number of anilines is 2. The van der Waals surface area contributed by atoms with Crippen LogP contribution in [-0.2, 0) is 14.8 Å². The Morgan fingerprint density at radius 2 is 1.89 bits per heavy atom. The lowest BCUT2D eigenvalue weighted by atomic mass is 10.2. The summed E-state index contributed by atoms with van der Waals surface area (Å²) < 4.78 is 59.0. The largest absolute Gasteiger partial charge is 0.495 e. The summed E-state index contributed by atoms with van der Waals surface area (Å²) in [4.78, 5) is 12.1. The molecule has 2 aromatic rings. The Morgan fingerprint density at radius 1 is 1.14 bits per heavy atom. The lowest BCUT2D eigenvalue weighted by molar-refractivity contribution is -0.114. The molecule has 1 fully saturated rings. The molecule has 1 saturated carbocycles. The Kier molecular flexibility index (Phi) is 5.80. The number of nitrogens with one attached hydrogen (secondary N) is 3. The second-order valence-electron chi connectivity index (χ2n) is 6.28. The Morgan fingerprint density at radius 3 is 2.54 bits per heavy atom. The third-order valence-corrected chi connectivity index (χ3v) is 5.54. The van der Waals surface area contributed by atoms with Gasteiger partial charge in [0.15, 0.2) is 0 Å². The Bertz CT molecular complexity index is 994. The molecule has 150 valence electrons. The molecule has 10 heteroatoms. The highest BCUT2D eigenvalue weighted by Gasteiger charge is 2.28. The van der Waals surface area contributed by atoms with Gasteiger partial charge in [-0.25, -0.2) is 21.9 Å². The van der Waals surface area contributed by atoms with Crippen molar-refractivity contribution in [3.05, 3.63) is 48.0 Å². The summed E-state index contributed by atoms with van der Waals surface area (Å²) in [6.45, 7) is -0.285. The number of sulfonamides is 1. The van der Waals surface area contributed by atoms with Crippen molar-refractivity contribution < 1.29 is 26.7 Å². The highest BCUT2D eigenvalue weighted by molar-refractivity contribution is 7.89. The molecule has 0 saturated heterocycles. The molecular weight excluding hydrogens is 392 g/mol. The number of rotatable bonds is 8. The fraction of sp³-hybridized carbons (Fsp3) is 0.278. The van der Waals surface area contributed by atoms with Crippen molar-refractivity contribution in [2.75, 3.05) is 24.3 Å². The maximum Gasteiger partial charge on any atom is 0.243 e. The highest BCUT2D eigenvalue weighted by atomic mass is 32.2. The topological polar surface area (TPSA) is 96.5 Å². The Hall–Kier alpha value is -2.72. The van der Waals surface area contributed by atoms with Gasteiger partial charge in [-0.15, -0.1) is 0 Å². The van der Waals surface area contributed by atoms with Crippen LogP contribution >= 0.6 is 0 Å². The predicted octanol–water partition coefficient (Wildman–Crippen LogP) is 2.46. The zero-order chi connectivity index (χ0) is 20.3. The lowest BCUT2D eigenvalue weighted by Gasteiger charge is -2.14. The first-order chi connectivity index (χ1) is 13.3. The van der Waals surface area contributed by atoms with Gasteiger partial charge in [0.1, 0.15) is 17.4 Å². The van der Waals surface area contributed by atoms with E-state index in [9.17, 15) is 22.0 Å². The molecule has 28 heavy (non-hydrogen) atoms. The van der Waals surface area contributed by atoms with Crippen molar-refractivity contribution >= 4 is 27.3 Å². The summed E-state index contributed by atoms with van der Waals surface area (Å²) in [5, 5.41) is 5.08. The average molecular weight is 411 g/mol. The number of ether oxygens (including phenoxy) is 1. The molecule has 3 N–H and O–H groups in total. The van der Waals surface area contributed by atoms with Crippen molar-refractivity contribution in [2.45, 2.75) is 23.8 Å². The predicted molar refractivity (Wildman–Crippen MR) is 99.8 cm³/mol. The van der Waals surface area contributed by atoms with Gasteiger partial charge in [0, 0.05) is 12.1 Å². The monoisotopic (exact) mass is 411 g/mol. The molecule has 1 aliphatic rings. The van der Waals surface area contributed by atoms with Crippen molar-refractivity contribution in [3.8, 4) is 5.75 Å². The van der Waals surface area contributed by atoms with Gasteiger partial charge in [-0.1, -0.05) is 0 Å². The zero-order valence-electron chi connectivity index (χ0n) is 15.0. The molecule has 7 nitrogen and oxygen atoms in total. The molecule has 2 aromatic carbocycles. The van der Waals surface area contributed by atoms with Gasteiger partial charge in [-0.3, -0.25) is 4.79 Å².